The summed E-state index contributed by atoms with van der Waals surface area (Å²) in [6, 6.07) is 14.1. The van der Waals surface area contributed by atoms with E-state index in [-0.39, 0.29) is 11.9 Å². The van der Waals surface area contributed by atoms with Crippen LogP contribution in [0.5, 0.6) is 0 Å². The van der Waals surface area contributed by atoms with Crippen molar-refractivity contribution in [1.82, 2.24) is 0 Å². The molecular weight excluding hydrogens is 237 g/mol. The summed E-state index contributed by atoms with van der Waals surface area (Å²) in [6.45, 7) is 2.04. The number of anilines is 1. The van der Waals surface area contributed by atoms with Crippen LogP contribution < -0.4 is 5.32 Å². The molecule has 0 bridgehead atoms. The first-order valence-corrected chi connectivity index (χ1v) is 5.80. The summed E-state index contributed by atoms with van der Waals surface area (Å²) >= 11 is 5.94. The third-order valence-corrected chi connectivity index (χ3v) is 2.81. The Morgan fingerprint density at radius 1 is 1.12 bits per heavy atom. The molecule has 0 aliphatic rings. The minimum absolute atomic E-state index is 0.124. The molecule has 0 saturated carbocycles. The van der Waals surface area contributed by atoms with Gasteiger partial charge in [-0.15, -0.1) is 0 Å². The predicted molar refractivity (Wildman–Crippen MR) is 69.9 cm³/mol. The molecule has 2 aromatic carbocycles. The van der Waals surface area contributed by atoms with Gasteiger partial charge in [-0.2, -0.15) is 0 Å². The molecule has 0 aliphatic carbocycles. The second kappa shape index (κ2) is 5.19. The molecule has 2 aromatic rings. The van der Waals surface area contributed by atoms with Gasteiger partial charge in [0.2, 0.25) is 0 Å². The van der Waals surface area contributed by atoms with Gasteiger partial charge in [-0.3, -0.25) is 0 Å². The lowest BCUT2D eigenvalue weighted by atomic mass is 10.1. The second-order valence-electron chi connectivity index (χ2n) is 3.93. The van der Waals surface area contributed by atoms with Gasteiger partial charge in [0, 0.05) is 16.8 Å². The zero-order valence-corrected chi connectivity index (χ0v) is 10.2. The lowest BCUT2D eigenvalue weighted by molar-refractivity contribution is 0.628. The maximum absolute atomic E-state index is 12.8. The van der Waals surface area contributed by atoms with Crippen LogP contribution in [0.2, 0.25) is 5.02 Å². The van der Waals surface area contributed by atoms with E-state index in [2.05, 4.69) is 5.32 Å². The van der Waals surface area contributed by atoms with E-state index in [1.54, 1.807) is 12.1 Å². The Hall–Kier alpha value is -1.54. The van der Waals surface area contributed by atoms with Crippen molar-refractivity contribution in [2.75, 3.05) is 5.32 Å². The standard InChI is InChI=1S/C14H13ClFN/c1-10(11-3-2-4-12(15)9-11)17-14-7-5-13(16)6-8-14/h2-10,17H,1H3. The molecule has 0 aromatic heterocycles. The van der Waals surface area contributed by atoms with Gasteiger partial charge in [-0.1, -0.05) is 23.7 Å². The van der Waals surface area contributed by atoms with E-state index in [4.69, 9.17) is 11.6 Å². The number of hydrogen-bond acceptors (Lipinski definition) is 1. The molecule has 0 amide bonds. The molecule has 0 saturated heterocycles. The highest BCUT2D eigenvalue weighted by molar-refractivity contribution is 6.30. The third-order valence-electron chi connectivity index (χ3n) is 2.58. The van der Waals surface area contributed by atoms with Gasteiger partial charge in [0.05, 0.1) is 0 Å². The van der Waals surface area contributed by atoms with E-state index in [0.717, 1.165) is 16.3 Å². The molecule has 1 atom stereocenters. The zero-order valence-electron chi connectivity index (χ0n) is 9.45. The Morgan fingerprint density at radius 2 is 1.82 bits per heavy atom. The van der Waals surface area contributed by atoms with E-state index in [1.807, 2.05) is 31.2 Å². The van der Waals surface area contributed by atoms with Gasteiger partial charge in [0.15, 0.2) is 0 Å². The van der Waals surface area contributed by atoms with Crippen molar-refractivity contribution in [3.63, 3.8) is 0 Å². The number of nitrogens with one attached hydrogen (secondary N) is 1. The largest absolute Gasteiger partial charge is 0.379 e. The Morgan fingerprint density at radius 3 is 2.47 bits per heavy atom. The quantitative estimate of drug-likeness (QED) is 0.835. The number of benzene rings is 2. The number of halogens is 2. The van der Waals surface area contributed by atoms with Crippen LogP contribution in [0.15, 0.2) is 48.5 Å². The summed E-state index contributed by atoms with van der Waals surface area (Å²) in [7, 11) is 0. The van der Waals surface area contributed by atoms with Crippen molar-refractivity contribution >= 4 is 17.3 Å². The van der Waals surface area contributed by atoms with Crippen LogP contribution in [0.4, 0.5) is 10.1 Å². The van der Waals surface area contributed by atoms with Crippen molar-refractivity contribution in [2.45, 2.75) is 13.0 Å². The molecule has 88 valence electrons. The van der Waals surface area contributed by atoms with E-state index < -0.39 is 0 Å². The first-order chi connectivity index (χ1) is 8.15. The van der Waals surface area contributed by atoms with Crippen LogP contribution in [-0.2, 0) is 0 Å². The van der Waals surface area contributed by atoms with E-state index in [9.17, 15) is 4.39 Å². The minimum Gasteiger partial charge on any atom is -0.379 e. The van der Waals surface area contributed by atoms with Crippen LogP contribution in [0.3, 0.4) is 0 Å². The molecule has 3 heteroatoms. The molecular formula is C14H13ClFN. The summed E-state index contributed by atoms with van der Waals surface area (Å²) in [5.74, 6) is -0.231. The average Bonchev–Trinajstić information content (AvgIpc) is 2.32. The molecule has 1 unspecified atom stereocenters. The summed E-state index contributed by atoms with van der Waals surface area (Å²) in [5.41, 5.74) is 1.99. The van der Waals surface area contributed by atoms with Gasteiger partial charge >= 0.3 is 0 Å². The fraction of sp³-hybridized carbons (Fsp3) is 0.143. The van der Waals surface area contributed by atoms with Gasteiger partial charge in [-0.25, -0.2) is 4.39 Å². The molecule has 0 aliphatic heterocycles. The molecule has 1 N–H and O–H groups in total. The van der Waals surface area contributed by atoms with Crippen LogP contribution in [0, 0.1) is 5.82 Å². The Kier molecular flexibility index (Phi) is 3.64. The van der Waals surface area contributed by atoms with Crippen molar-refractivity contribution < 1.29 is 4.39 Å². The van der Waals surface area contributed by atoms with Gasteiger partial charge in [0.25, 0.3) is 0 Å². The molecule has 0 heterocycles. The number of hydrogen-bond donors (Lipinski definition) is 1. The fourth-order valence-corrected chi connectivity index (χ4v) is 1.85. The first kappa shape index (κ1) is 11.9. The maximum atomic E-state index is 12.8. The molecule has 2 rings (SSSR count). The van der Waals surface area contributed by atoms with Crippen molar-refractivity contribution in [1.29, 1.82) is 0 Å². The van der Waals surface area contributed by atoms with Crippen LogP contribution in [-0.4, -0.2) is 0 Å². The lowest BCUT2D eigenvalue weighted by Crippen LogP contribution is -2.06. The van der Waals surface area contributed by atoms with Gasteiger partial charge < -0.3 is 5.32 Å². The smallest absolute Gasteiger partial charge is 0.123 e. The Balaban J connectivity index is 2.11. The van der Waals surface area contributed by atoms with E-state index >= 15 is 0 Å². The van der Waals surface area contributed by atoms with Gasteiger partial charge in [-0.05, 0) is 48.9 Å². The van der Waals surface area contributed by atoms with Crippen LogP contribution in [0.1, 0.15) is 18.5 Å². The van der Waals surface area contributed by atoms with Crippen LogP contribution in [0.25, 0.3) is 0 Å². The maximum Gasteiger partial charge on any atom is 0.123 e. The van der Waals surface area contributed by atoms with Crippen molar-refractivity contribution in [3.8, 4) is 0 Å². The molecule has 17 heavy (non-hydrogen) atoms. The summed E-state index contributed by atoms with van der Waals surface area (Å²) in [5, 5.41) is 4.01. The van der Waals surface area contributed by atoms with Gasteiger partial charge in [0.1, 0.15) is 5.82 Å². The fourth-order valence-electron chi connectivity index (χ4n) is 1.66. The Bertz CT molecular complexity index is 496. The van der Waals surface area contributed by atoms with E-state index in [0.29, 0.717) is 0 Å². The van der Waals surface area contributed by atoms with Crippen molar-refractivity contribution in [3.05, 3.63) is 64.9 Å². The summed E-state index contributed by atoms with van der Waals surface area (Å²) < 4.78 is 12.8. The monoisotopic (exact) mass is 249 g/mol. The highest BCUT2D eigenvalue weighted by Gasteiger charge is 2.05. The Labute approximate surface area is 105 Å². The highest BCUT2D eigenvalue weighted by atomic mass is 35.5. The third kappa shape index (κ3) is 3.21. The zero-order chi connectivity index (χ0) is 12.3. The van der Waals surface area contributed by atoms with E-state index in [1.165, 1.54) is 12.1 Å². The number of rotatable bonds is 3. The normalized spacial score (nSPS) is 12.2. The van der Waals surface area contributed by atoms with Crippen molar-refractivity contribution in [2.24, 2.45) is 0 Å². The first-order valence-electron chi connectivity index (χ1n) is 5.43. The van der Waals surface area contributed by atoms with Crippen LogP contribution >= 0.6 is 11.6 Å². The molecule has 0 fully saturated rings. The second-order valence-corrected chi connectivity index (χ2v) is 4.36. The predicted octanol–water partition coefficient (Wildman–Crippen LogP) is 4.65. The topological polar surface area (TPSA) is 12.0 Å². The average molecular weight is 250 g/mol. The highest BCUT2D eigenvalue weighted by Crippen LogP contribution is 2.21. The molecule has 0 radical (unpaired) electrons. The molecule has 0 spiro atoms. The SMILES string of the molecule is CC(Nc1ccc(F)cc1)c1cccc(Cl)c1. The molecule has 1 nitrogen and oxygen atoms in total. The summed E-state index contributed by atoms with van der Waals surface area (Å²) in [6.07, 6.45) is 0. The lowest BCUT2D eigenvalue weighted by Gasteiger charge is -2.15. The minimum atomic E-state index is -0.231. The summed E-state index contributed by atoms with van der Waals surface area (Å²) in [4.78, 5) is 0.